The highest BCUT2D eigenvalue weighted by molar-refractivity contribution is 5.99. The first kappa shape index (κ1) is 18.5. The number of hydrogen-bond acceptors (Lipinski definition) is 4. The van der Waals surface area contributed by atoms with E-state index in [1.165, 1.54) is 6.42 Å². The Morgan fingerprint density at radius 1 is 1.18 bits per heavy atom. The maximum absolute atomic E-state index is 12.1. The van der Waals surface area contributed by atoms with E-state index in [1.54, 1.807) is 20.8 Å². The number of nitrogens with one attached hydrogen (secondary N) is 1. The molecular weight excluding hydrogens is 286 g/mol. The highest BCUT2D eigenvalue weighted by atomic mass is 16.6. The van der Waals surface area contributed by atoms with Crippen LogP contribution in [0, 0.1) is 5.92 Å². The fraction of sp³-hybridized carbons (Fsp3) is 0.812. The maximum Gasteiger partial charge on any atom is 0.408 e. The molecule has 2 N–H and O–H groups in total. The lowest BCUT2D eigenvalue weighted by atomic mass is 9.83. The lowest BCUT2D eigenvalue weighted by molar-refractivity contribution is -0.140. The molecule has 1 fully saturated rings. The third kappa shape index (κ3) is 7.43. The van der Waals surface area contributed by atoms with Crippen molar-refractivity contribution in [3.05, 3.63) is 0 Å². The molecule has 0 aromatic rings. The van der Waals surface area contributed by atoms with E-state index in [0.29, 0.717) is 12.3 Å². The zero-order valence-corrected chi connectivity index (χ0v) is 13.7. The van der Waals surface area contributed by atoms with Crippen LogP contribution in [0.1, 0.15) is 65.7 Å². The van der Waals surface area contributed by atoms with Crippen LogP contribution in [0.2, 0.25) is 0 Å². The standard InChI is InChI=1S/C16H27NO5/c1-16(2,3)22-15(21)17-12(13(18)10-14(19)20)9-11-7-5-4-6-8-11/h11-12H,4-10H2,1-3H3,(H,17,21)(H,19,20)/t12-/m0/s1. The van der Waals surface area contributed by atoms with E-state index in [1.807, 2.05) is 0 Å². The van der Waals surface area contributed by atoms with Crippen LogP contribution in [0.25, 0.3) is 0 Å². The van der Waals surface area contributed by atoms with Crippen molar-refractivity contribution in [1.82, 2.24) is 5.32 Å². The van der Waals surface area contributed by atoms with Gasteiger partial charge in [0.15, 0.2) is 5.78 Å². The second-order valence-corrected chi connectivity index (χ2v) is 6.98. The molecule has 0 spiro atoms. The number of ketones is 1. The van der Waals surface area contributed by atoms with Crippen molar-refractivity contribution in [3.8, 4) is 0 Å². The number of aliphatic carboxylic acids is 1. The smallest absolute Gasteiger partial charge is 0.408 e. The summed E-state index contributed by atoms with van der Waals surface area (Å²) in [6.07, 6.45) is 4.72. The van der Waals surface area contributed by atoms with Gasteiger partial charge in [-0.25, -0.2) is 4.79 Å². The van der Waals surface area contributed by atoms with Crippen LogP contribution in [-0.4, -0.2) is 34.6 Å². The zero-order chi connectivity index (χ0) is 16.8. The predicted molar refractivity (Wildman–Crippen MR) is 81.6 cm³/mol. The first-order valence-electron chi connectivity index (χ1n) is 7.91. The van der Waals surface area contributed by atoms with Crippen molar-refractivity contribution in [1.29, 1.82) is 0 Å². The Balaban J connectivity index is 2.65. The van der Waals surface area contributed by atoms with Gasteiger partial charge in [0, 0.05) is 0 Å². The number of hydrogen-bond donors (Lipinski definition) is 2. The van der Waals surface area contributed by atoms with Crippen molar-refractivity contribution >= 4 is 17.8 Å². The minimum atomic E-state index is -1.18. The molecule has 0 aliphatic heterocycles. The third-order valence-corrected chi connectivity index (χ3v) is 3.70. The van der Waals surface area contributed by atoms with E-state index in [9.17, 15) is 14.4 Å². The topological polar surface area (TPSA) is 92.7 Å². The lowest BCUT2D eigenvalue weighted by Crippen LogP contribution is -2.45. The number of amides is 1. The van der Waals surface area contributed by atoms with Crippen LogP contribution in [0.3, 0.4) is 0 Å². The quantitative estimate of drug-likeness (QED) is 0.735. The largest absolute Gasteiger partial charge is 0.481 e. The fourth-order valence-electron chi connectivity index (χ4n) is 2.75. The van der Waals surface area contributed by atoms with Gasteiger partial charge in [0.2, 0.25) is 0 Å². The molecule has 126 valence electrons. The number of carbonyl (C=O) groups is 3. The summed E-state index contributed by atoms with van der Waals surface area (Å²) in [5.74, 6) is -1.29. The molecule has 1 atom stereocenters. The normalized spacial score (nSPS) is 17.6. The van der Waals surface area contributed by atoms with Crippen molar-refractivity contribution in [2.45, 2.75) is 77.4 Å². The van der Waals surface area contributed by atoms with Crippen LogP contribution in [-0.2, 0) is 14.3 Å². The van der Waals surface area contributed by atoms with Gasteiger partial charge in [0.25, 0.3) is 0 Å². The summed E-state index contributed by atoms with van der Waals surface area (Å²) in [4.78, 5) is 34.7. The van der Waals surface area contributed by atoms with Crippen LogP contribution >= 0.6 is 0 Å². The molecule has 1 saturated carbocycles. The maximum atomic E-state index is 12.1. The fourth-order valence-corrected chi connectivity index (χ4v) is 2.75. The molecule has 1 rings (SSSR count). The number of carbonyl (C=O) groups excluding carboxylic acids is 2. The summed E-state index contributed by atoms with van der Waals surface area (Å²) in [5, 5.41) is 11.3. The minimum absolute atomic E-state index is 0.353. The monoisotopic (exact) mass is 313 g/mol. The number of carboxylic acids is 1. The minimum Gasteiger partial charge on any atom is -0.481 e. The average Bonchev–Trinajstić information content (AvgIpc) is 2.36. The number of alkyl carbamates (subject to hydrolysis) is 1. The molecule has 0 aromatic heterocycles. The number of rotatable bonds is 6. The van der Waals surface area contributed by atoms with Gasteiger partial charge in [0.1, 0.15) is 12.0 Å². The Hall–Kier alpha value is -1.59. The van der Waals surface area contributed by atoms with Crippen LogP contribution in [0.5, 0.6) is 0 Å². The zero-order valence-electron chi connectivity index (χ0n) is 13.7. The summed E-state index contributed by atoms with van der Waals surface area (Å²) < 4.78 is 5.16. The van der Waals surface area contributed by atoms with Gasteiger partial charge in [-0.3, -0.25) is 9.59 Å². The van der Waals surface area contributed by atoms with E-state index < -0.39 is 35.9 Å². The summed E-state index contributed by atoms with van der Waals surface area (Å²) in [5.41, 5.74) is -0.657. The van der Waals surface area contributed by atoms with Crippen molar-refractivity contribution < 1.29 is 24.2 Å². The molecule has 0 unspecified atom stereocenters. The van der Waals surface area contributed by atoms with Crippen LogP contribution in [0.15, 0.2) is 0 Å². The highest BCUT2D eigenvalue weighted by Gasteiger charge is 2.28. The Kier molecular flexibility index (Phi) is 6.84. The van der Waals surface area contributed by atoms with Gasteiger partial charge in [-0.1, -0.05) is 32.1 Å². The van der Waals surface area contributed by atoms with Crippen LogP contribution < -0.4 is 5.32 Å². The van der Waals surface area contributed by atoms with Crippen LogP contribution in [0.4, 0.5) is 4.79 Å². The third-order valence-electron chi connectivity index (χ3n) is 3.70. The molecule has 1 aliphatic carbocycles. The van der Waals surface area contributed by atoms with E-state index in [0.717, 1.165) is 25.7 Å². The van der Waals surface area contributed by atoms with Gasteiger partial charge < -0.3 is 15.2 Å². The number of ether oxygens (including phenoxy) is 1. The molecule has 0 saturated heterocycles. The van der Waals surface area contributed by atoms with E-state index in [4.69, 9.17) is 9.84 Å². The molecule has 6 nitrogen and oxygen atoms in total. The molecule has 1 amide bonds. The number of carboxylic acid groups (broad SMARTS) is 1. The SMILES string of the molecule is CC(C)(C)OC(=O)N[C@@H](CC1CCCCC1)C(=O)CC(=O)O. The summed E-state index contributed by atoms with van der Waals surface area (Å²) in [7, 11) is 0. The number of Topliss-reactive ketones (excluding diaryl/α,β-unsaturated/α-hetero) is 1. The average molecular weight is 313 g/mol. The molecule has 22 heavy (non-hydrogen) atoms. The molecule has 0 aromatic carbocycles. The van der Waals surface area contributed by atoms with Gasteiger partial charge >= 0.3 is 12.1 Å². The molecular formula is C16H27NO5. The molecule has 0 radical (unpaired) electrons. The first-order valence-corrected chi connectivity index (χ1v) is 7.91. The summed E-state index contributed by atoms with van der Waals surface area (Å²) >= 11 is 0. The molecule has 1 aliphatic rings. The molecule has 0 bridgehead atoms. The van der Waals surface area contributed by atoms with Gasteiger partial charge in [-0.05, 0) is 33.1 Å². The summed E-state index contributed by atoms with van der Waals surface area (Å²) in [6.45, 7) is 5.21. The van der Waals surface area contributed by atoms with Gasteiger partial charge in [-0.2, -0.15) is 0 Å². The Bertz CT molecular complexity index is 407. The highest BCUT2D eigenvalue weighted by Crippen LogP contribution is 2.27. The lowest BCUT2D eigenvalue weighted by Gasteiger charge is -2.27. The molecule has 6 heteroatoms. The summed E-state index contributed by atoms with van der Waals surface area (Å²) in [6, 6.07) is -0.783. The second kappa shape index (κ2) is 8.15. The van der Waals surface area contributed by atoms with Gasteiger partial charge in [-0.15, -0.1) is 0 Å². The second-order valence-electron chi connectivity index (χ2n) is 6.98. The predicted octanol–water partition coefficient (Wildman–Crippen LogP) is 2.89. The Morgan fingerprint density at radius 3 is 2.27 bits per heavy atom. The van der Waals surface area contributed by atoms with E-state index in [-0.39, 0.29) is 0 Å². The Morgan fingerprint density at radius 2 is 1.77 bits per heavy atom. The van der Waals surface area contributed by atoms with E-state index in [2.05, 4.69) is 5.32 Å². The molecule has 0 heterocycles. The Labute approximate surface area is 131 Å². The first-order chi connectivity index (χ1) is 10.2. The van der Waals surface area contributed by atoms with Gasteiger partial charge in [0.05, 0.1) is 6.04 Å². The van der Waals surface area contributed by atoms with Crippen molar-refractivity contribution in [2.75, 3.05) is 0 Å². The van der Waals surface area contributed by atoms with Crippen molar-refractivity contribution in [2.24, 2.45) is 5.92 Å². The van der Waals surface area contributed by atoms with E-state index >= 15 is 0 Å². The van der Waals surface area contributed by atoms with Crippen molar-refractivity contribution in [3.63, 3.8) is 0 Å².